The van der Waals surface area contributed by atoms with Gasteiger partial charge in [0.15, 0.2) is 5.78 Å². The highest BCUT2D eigenvalue weighted by atomic mass is 16.5. The Bertz CT molecular complexity index is 840. The number of Topliss-reactive ketones (excluding diaryl/α,β-unsaturated/α-hetero) is 1. The summed E-state index contributed by atoms with van der Waals surface area (Å²) in [6.45, 7) is 1.56. The summed E-state index contributed by atoms with van der Waals surface area (Å²) in [7, 11) is 1.62. The van der Waals surface area contributed by atoms with Crippen molar-refractivity contribution in [3.05, 3.63) is 77.9 Å². The fraction of sp³-hybridized carbons (Fsp3) is 0.227. The third-order valence-corrected chi connectivity index (χ3v) is 4.35. The molecule has 0 aliphatic heterocycles. The predicted molar refractivity (Wildman–Crippen MR) is 102 cm³/mol. The molecule has 0 bridgehead atoms. The Labute approximate surface area is 148 Å². The molecule has 25 heavy (non-hydrogen) atoms. The normalized spacial score (nSPS) is 10.8. The van der Waals surface area contributed by atoms with Crippen LogP contribution in [0.1, 0.15) is 22.3 Å². The topological polar surface area (TPSA) is 38.3 Å². The van der Waals surface area contributed by atoms with Gasteiger partial charge in [0.1, 0.15) is 5.75 Å². The van der Waals surface area contributed by atoms with Crippen LogP contribution in [0.25, 0.3) is 10.8 Å². The van der Waals surface area contributed by atoms with E-state index >= 15 is 0 Å². The maximum Gasteiger partial charge on any atom is 0.164 e. The van der Waals surface area contributed by atoms with Crippen molar-refractivity contribution in [2.24, 2.45) is 0 Å². The summed E-state index contributed by atoms with van der Waals surface area (Å²) in [6.07, 6.45) is 1.46. The molecule has 0 atom stereocenters. The van der Waals surface area contributed by atoms with Gasteiger partial charge in [0.25, 0.3) is 0 Å². The minimum Gasteiger partial charge on any atom is -0.497 e. The second kappa shape index (κ2) is 8.45. The molecular weight excluding hydrogens is 310 g/mol. The van der Waals surface area contributed by atoms with Gasteiger partial charge in [-0.05, 0) is 53.6 Å². The summed E-state index contributed by atoms with van der Waals surface area (Å²) >= 11 is 0. The van der Waals surface area contributed by atoms with Gasteiger partial charge >= 0.3 is 0 Å². The molecule has 0 fully saturated rings. The van der Waals surface area contributed by atoms with Crippen LogP contribution in [0.5, 0.6) is 5.75 Å². The number of rotatable bonds is 8. The highest BCUT2D eigenvalue weighted by Crippen LogP contribution is 2.16. The predicted octanol–water partition coefficient (Wildman–Crippen LogP) is 4.25. The zero-order valence-corrected chi connectivity index (χ0v) is 14.5. The number of hydrogen-bond donors (Lipinski definition) is 1. The van der Waals surface area contributed by atoms with Crippen molar-refractivity contribution in [3.63, 3.8) is 0 Å². The average molecular weight is 333 g/mol. The summed E-state index contributed by atoms with van der Waals surface area (Å²) in [5, 5.41) is 5.90. The van der Waals surface area contributed by atoms with Crippen LogP contribution in [0.2, 0.25) is 0 Å². The van der Waals surface area contributed by atoms with Crippen LogP contribution in [0, 0.1) is 0 Å². The molecule has 0 aromatic heterocycles. The first kappa shape index (κ1) is 17.2. The Morgan fingerprint density at radius 1 is 0.920 bits per heavy atom. The summed E-state index contributed by atoms with van der Waals surface area (Å²) in [5.41, 5.74) is 2.05. The van der Waals surface area contributed by atoms with Crippen LogP contribution < -0.4 is 10.1 Å². The monoisotopic (exact) mass is 333 g/mol. The molecule has 0 aliphatic carbocycles. The minimum atomic E-state index is 0.154. The fourth-order valence-electron chi connectivity index (χ4n) is 2.88. The molecule has 3 rings (SSSR count). The average Bonchev–Trinajstić information content (AvgIpc) is 2.67. The minimum absolute atomic E-state index is 0.154. The van der Waals surface area contributed by atoms with E-state index in [4.69, 9.17) is 4.74 Å². The molecule has 0 spiro atoms. The molecule has 3 aromatic rings. The number of nitrogens with one attached hydrogen (secondary N) is 1. The highest BCUT2D eigenvalue weighted by Gasteiger charge is 2.05. The summed E-state index contributed by atoms with van der Waals surface area (Å²) in [4.78, 5) is 12.1. The van der Waals surface area contributed by atoms with E-state index in [-0.39, 0.29) is 5.78 Å². The van der Waals surface area contributed by atoms with Crippen LogP contribution in [0.4, 0.5) is 0 Å². The lowest BCUT2D eigenvalue weighted by molar-refractivity contribution is 0.0982. The Hall–Kier alpha value is -2.65. The van der Waals surface area contributed by atoms with Gasteiger partial charge in [0, 0.05) is 18.5 Å². The molecule has 0 heterocycles. The van der Waals surface area contributed by atoms with Gasteiger partial charge in [0.2, 0.25) is 0 Å². The molecule has 0 saturated carbocycles. The highest BCUT2D eigenvalue weighted by molar-refractivity contribution is 5.96. The van der Waals surface area contributed by atoms with Crippen molar-refractivity contribution in [3.8, 4) is 5.75 Å². The molecular formula is C22H23NO2. The molecule has 3 nitrogen and oxygen atoms in total. The first-order chi connectivity index (χ1) is 12.3. The van der Waals surface area contributed by atoms with Gasteiger partial charge in [-0.2, -0.15) is 0 Å². The Morgan fingerprint density at radius 2 is 1.68 bits per heavy atom. The van der Waals surface area contributed by atoms with Crippen molar-refractivity contribution in [2.45, 2.75) is 12.8 Å². The third kappa shape index (κ3) is 4.68. The smallest absolute Gasteiger partial charge is 0.164 e. The number of benzene rings is 3. The van der Waals surface area contributed by atoms with Crippen LogP contribution in [0.3, 0.4) is 0 Å². The van der Waals surface area contributed by atoms with Crippen molar-refractivity contribution in [1.29, 1.82) is 0 Å². The van der Waals surface area contributed by atoms with Crippen molar-refractivity contribution >= 4 is 16.6 Å². The zero-order valence-electron chi connectivity index (χ0n) is 14.5. The van der Waals surface area contributed by atoms with E-state index < -0.39 is 0 Å². The van der Waals surface area contributed by atoms with Gasteiger partial charge in [-0.3, -0.25) is 4.79 Å². The summed E-state index contributed by atoms with van der Waals surface area (Å²) < 4.78 is 5.11. The van der Waals surface area contributed by atoms with E-state index in [1.807, 2.05) is 24.3 Å². The van der Waals surface area contributed by atoms with Gasteiger partial charge in [-0.1, -0.05) is 42.5 Å². The van der Waals surface area contributed by atoms with E-state index in [1.54, 1.807) is 7.11 Å². The standard InChI is InChI=1S/C22H23NO2/c1-25-21-10-8-19(9-11-21)22(24)13-15-23-14-12-17-6-7-18-4-2-3-5-20(18)16-17/h2-11,16,23H,12-15H2,1H3. The number of hydrogen-bond acceptors (Lipinski definition) is 3. The first-order valence-electron chi connectivity index (χ1n) is 8.62. The molecule has 0 amide bonds. The Balaban J connectivity index is 1.42. The Kier molecular flexibility index (Phi) is 5.81. The van der Waals surface area contributed by atoms with E-state index in [9.17, 15) is 4.79 Å². The Morgan fingerprint density at radius 3 is 2.44 bits per heavy atom. The van der Waals surface area contributed by atoms with Crippen LogP contribution in [-0.2, 0) is 6.42 Å². The molecule has 0 unspecified atom stereocenters. The largest absolute Gasteiger partial charge is 0.497 e. The maximum atomic E-state index is 12.1. The zero-order chi connectivity index (χ0) is 17.5. The molecule has 3 aromatic carbocycles. The van der Waals surface area contributed by atoms with Crippen LogP contribution in [0.15, 0.2) is 66.7 Å². The number of carbonyl (C=O) groups is 1. The number of carbonyl (C=O) groups excluding carboxylic acids is 1. The van der Waals surface area contributed by atoms with E-state index in [0.29, 0.717) is 13.0 Å². The van der Waals surface area contributed by atoms with Crippen LogP contribution >= 0.6 is 0 Å². The molecule has 0 aliphatic rings. The molecule has 128 valence electrons. The van der Waals surface area contributed by atoms with Crippen molar-refractivity contribution < 1.29 is 9.53 Å². The lowest BCUT2D eigenvalue weighted by atomic mass is 10.1. The van der Waals surface area contributed by atoms with Gasteiger partial charge in [0.05, 0.1) is 7.11 Å². The second-order valence-corrected chi connectivity index (χ2v) is 6.08. The maximum absolute atomic E-state index is 12.1. The lowest BCUT2D eigenvalue weighted by Crippen LogP contribution is -2.21. The molecule has 1 N–H and O–H groups in total. The first-order valence-corrected chi connectivity index (χ1v) is 8.62. The number of methoxy groups -OCH3 is 1. The van der Waals surface area contributed by atoms with Crippen molar-refractivity contribution in [2.75, 3.05) is 20.2 Å². The number of fused-ring (bicyclic) bond motifs is 1. The third-order valence-electron chi connectivity index (χ3n) is 4.35. The van der Waals surface area contributed by atoms with Gasteiger partial charge in [-0.15, -0.1) is 0 Å². The van der Waals surface area contributed by atoms with E-state index in [0.717, 1.165) is 24.3 Å². The van der Waals surface area contributed by atoms with Gasteiger partial charge < -0.3 is 10.1 Å². The van der Waals surface area contributed by atoms with Crippen molar-refractivity contribution in [1.82, 2.24) is 5.32 Å². The quantitative estimate of drug-likeness (QED) is 0.495. The second-order valence-electron chi connectivity index (χ2n) is 6.08. The number of ketones is 1. The lowest BCUT2D eigenvalue weighted by Gasteiger charge is -2.07. The molecule has 0 radical (unpaired) electrons. The summed E-state index contributed by atoms with van der Waals surface area (Å²) in [6, 6.07) is 22.2. The van der Waals surface area contributed by atoms with Gasteiger partial charge in [-0.25, -0.2) is 0 Å². The molecule has 0 saturated heterocycles. The fourth-order valence-corrected chi connectivity index (χ4v) is 2.88. The van der Waals surface area contributed by atoms with Crippen LogP contribution in [-0.4, -0.2) is 26.0 Å². The molecule has 3 heteroatoms. The van der Waals surface area contributed by atoms with E-state index in [1.165, 1.54) is 16.3 Å². The summed E-state index contributed by atoms with van der Waals surface area (Å²) in [5.74, 6) is 0.922. The SMILES string of the molecule is COc1ccc(C(=O)CCNCCc2ccc3ccccc3c2)cc1. The number of ether oxygens (including phenoxy) is 1. The van der Waals surface area contributed by atoms with E-state index in [2.05, 4.69) is 47.8 Å².